The fourth-order valence-corrected chi connectivity index (χ4v) is 0.902. The first-order valence-corrected chi connectivity index (χ1v) is 3.57. The van der Waals surface area contributed by atoms with Crippen LogP contribution in [0, 0.1) is 0 Å². The van der Waals surface area contributed by atoms with Crippen molar-refractivity contribution in [3.05, 3.63) is 23.8 Å². The molecule has 0 heterocycles. The molecule has 12 heavy (non-hydrogen) atoms. The van der Waals surface area contributed by atoms with Crippen LogP contribution >= 0.6 is 0 Å². The van der Waals surface area contributed by atoms with Gasteiger partial charge in [0.1, 0.15) is 11.5 Å². The molecule has 3 nitrogen and oxygen atoms in total. The SMILES string of the molecule is C/N=C/c1cc(OC)ccc1O. The lowest BCUT2D eigenvalue weighted by molar-refractivity contribution is 0.412. The highest BCUT2D eigenvalue weighted by Crippen LogP contribution is 2.20. The Morgan fingerprint density at radius 1 is 1.50 bits per heavy atom. The number of hydrogen-bond acceptors (Lipinski definition) is 3. The van der Waals surface area contributed by atoms with Crippen LogP contribution in [0.4, 0.5) is 0 Å². The van der Waals surface area contributed by atoms with Gasteiger partial charge in [-0.3, -0.25) is 4.99 Å². The summed E-state index contributed by atoms with van der Waals surface area (Å²) in [6, 6.07) is 5.00. The largest absolute Gasteiger partial charge is 0.507 e. The first-order chi connectivity index (χ1) is 5.77. The van der Waals surface area contributed by atoms with E-state index in [0.717, 1.165) is 0 Å². The molecular formula is C9H11NO2. The Labute approximate surface area is 71.3 Å². The molecular weight excluding hydrogens is 154 g/mol. The molecule has 0 amide bonds. The highest BCUT2D eigenvalue weighted by atomic mass is 16.5. The highest BCUT2D eigenvalue weighted by Gasteiger charge is 1.98. The zero-order chi connectivity index (χ0) is 8.97. The van der Waals surface area contributed by atoms with Gasteiger partial charge in [0.2, 0.25) is 0 Å². The van der Waals surface area contributed by atoms with E-state index in [4.69, 9.17) is 4.74 Å². The number of phenols is 1. The van der Waals surface area contributed by atoms with Crippen LogP contribution < -0.4 is 4.74 Å². The van der Waals surface area contributed by atoms with Gasteiger partial charge in [-0.15, -0.1) is 0 Å². The molecule has 1 aromatic carbocycles. The summed E-state index contributed by atoms with van der Waals surface area (Å²) < 4.78 is 4.98. The smallest absolute Gasteiger partial charge is 0.124 e. The molecule has 1 aromatic rings. The number of nitrogens with zero attached hydrogens (tertiary/aromatic N) is 1. The van der Waals surface area contributed by atoms with Crippen LogP contribution in [0.2, 0.25) is 0 Å². The topological polar surface area (TPSA) is 41.8 Å². The van der Waals surface area contributed by atoms with Gasteiger partial charge in [-0.05, 0) is 18.2 Å². The Kier molecular flexibility index (Phi) is 2.69. The van der Waals surface area contributed by atoms with Gasteiger partial charge in [-0.2, -0.15) is 0 Å². The third-order valence-electron chi connectivity index (χ3n) is 1.50. The molecule has 64 valence electrons. The number of methoxy groups -OCH3 is 1. The first kappa shape index (κ1) is 8.59. The maximum absolute atomic E-state index is 9.31. The second-order valence-electron chi connectivity index (χ2n) is 2.31. The molecule has 0 aliphatic heterocycles. The molecule has 0 fully saturated rings. The van der Waals surface area contributed by atoms with Crippen molar-refractivity contribution in [2.24, 2.45) is 4.99 Å². The van der Waals surface area contributed by atoms with Gasteiger partial charge >= 0.3 is 0 Å². The number of aliphatic imine (C=N–C) groups is 1. The van der Waals surface area contributed by atoms with Crippen LogP contribution in [-0.2, 0) is 0 Å². The van der Waals surface area contributed by atoms with Crippen molar-refractivity contribution >= 4 is 6.21 Å². The fourth-order valence-electron chi connectivity index (χ4n) is 0.902. The minimum atomic E-state index is 0.210. The third kappa shape index (κ3) is 1.75. The molecule has 0 aliphatic carbocycles. The van der Waals surface area contributed by atoms with Gasteiger partial charge < -0.3 is 9.84 Å². The summed E-state index contributed by atoms with van der Waals surface area (Å²) in [6.45, 7) is 0. The van der Waals surface area contributed by atoms with Crippen molar-refractivity contribution < 1.29 is 9.84 Å². The van der Waals surface area contributed by atoms with Gasteiger partial charge in [-0.25, -0.2) is 0 Å². The van der Waals surface area contributed by atoms with Gasteiger partial charge in [0.25, 0.3) is 0 Å². The van der Waals surface area contributed by atoms with E-state index in [2.05, 4.69) is 4.99 Å². The summed E-state index contributed by atoms with van der Waals surface area (Å²) in [6.07, 6.45) is 1.58. The average Bonchev–Trinajstić information content (AvgIpc) is 2.09. The van der Waals surface area contributed by atoms with E-state index < -0.39 is 0 Å². The molecule has 0 aliphatic rings. The van der Waals surface area contributed by atoms with E-state index in [9.17, 15) is 5.11 Å². The molecule has 0 unspecified atom stereocenters. The zero-order valence-corrected chi connectivity index (χ0v) is 7.11. The van der Waals surface area contributed by atoms with Crippen LogP contribution in [-0.4, -0.2) is 25.5 Å². The minimum Gasteiger partial charge on any atom is -0.507 e. The van der Waals surface area contributed by atoms with Crippen molar-refractivity contribution in [3.8, 4) is 11.5 Å². The monoisotopic (exact) mass is 165 g/mol. The predicted molar refractivity (Wildman–Crippen MR) is 48.2 cm³/mol. The van der Waals surface area contributed by atoms with E-state index >= 15 is 0 Å². The molecule has 0 atom stereocenters. The summed E-state index contributed by atoms with van der Waals surface area (Å²) in [4.78, 5) is 3.80. The van der Waals surface area contributed by atoms with Crippen LogP contribution in [0.5, 0.6) is 11.5 Å². The van der Waals surface area contributed by atoms with Crippen molar-refractivity contribution in [1.29, 1.82) is 0 Å². The molecule has 0 aromatic heterocycles. The lowest BCUT2D eigenvalue weighted by atomic mass is 10.2. The first-order valence-electron chi connectivity index (χ1n) is 3.57. The number of aromatic hydroxyl groups is 1. The van der Waals surface area contributed by atoms with E-state index in [0.29, 0.717) is 11.3 Å². The number of rotatable bonds is 2. The number of hydrogen-bond donors (Lipinski definition) is 1. The standard InChI is InChI=1S/C9H11NO2/c1-10-6-7-5-8(12-2)3-4-9(7)11/h3-6,11H,1-2H3/b10-6+. The molecule has 3 heteroatoms. The van der Waals surface area contributed by atoms with Crippen LogP contribution in [0.1, 0.15) is 5.56 Å². The summed E-state index contributed by atoms with van der Waals surface area (Å²) >= 11 is 0. The molecule has 0 bridgehead atoms. The molecule has 1 N–H and O–H groups in total. The fraction of sp³-hybridized carbons (Fsp3) is 0.222. The van der Waals surface area contributed by atoms with Gasteiger partial charge in [-0.1, -0.05) is 0 Å². The Morgan fingerprint density at radius 2 is 2.25 bits per heavy atom. The number of ether oxygens (including phenoxy) is 1. The highest BCUT2D eigenvalue weighted by molar-refractivity contribution is 5.83. The zero-order valence-electron chi connectivity index (χ0n) is 7.11. The average molecular weight is 165 g/mol. The van der Waals surface area contributed by atoms with E-state index in [1.807, 2.05) is 0 Å². The molecule has 0 saturated heterocycles. The number of benzene rings is 1. The van der Waals surface area contributed by atoms with Crippen LogP contribution in [0.3, 0.4) is 0 Å². The van der Waals surface area contributed by atoms with Crippen molar-refractivity contribution in [1.82, 2.24) is 0 Å². The maximum atomic E-state index is 9.31. The van der Waals surface area contributed by atoms with Crippen LogP contribution in [0.15, 0.2) is 23.2 Å². The lowest BCUT2D eigenvalue weighted by Gasteiger charge is -2.02. The van der Waals surface area contributed by atoms with E-state index in [-0.39, 0.29) is 5.75 Å². The van der Waals surface area contributed by atoms with Crippen molar-refractivity contribution in [3.63, 3.8) is 0 Å². The Balaban J connectivity index is 3.08. The second-order valence-corrected chi connectivity index (χ2v) is 2.31. The van der Waals surface area contributed by atoms with E-state index in [1.54, 1.807) is 38.6 Å². The van der Waals surface area contributed by atoms with Crippen molar-refractivity contribution in [2.75, 3.05) is 14.2 Å². The quantitative estimate of drug-likeness (QED) is 0.674. The molecule has 0 radical (unpaired) electrons. The maximum Gasteiger partial charge on any atom is 0.124 e. The normalized spacial score (nSPS) is 10.5. The van der Waals surface area contributed by atoms with Crippen LogP contribution in [0.25, 0.3) is 0 Å². The Bertz CT molecular complexity index is 295. The summed E-state index contributed by atoms with van der Waals surface area (Å²) in [5.74, 6) is 0.920. The molecule has 0 saturated carbocycles. The summed E-state index contributed by atoms with van der Waals surface area (Å²) in [5, 5.41) is 9.31. The Hall–Kier alpha value is -1.51. The van der Waals surface area contributed by atoms with Gasteiger partial charge in [0.15, 0.2) is 0 Å². The second kappa shape index (κ2) is 3.76. The van der Waals surface area contributed by atoms with Gasteiger partial charge in [0.05, 0.1) is 7.11 Å². The van der Waals surface area contributed by atoms with E-state index in [1.165, 1.54) is 0 Å². The van der Waals surface area contributed by atoms with Gasteiger partial charge in [0, 0.05) is 18.8 Å². The van der Waals surface area contributed by atoms with Crippen molar-refractivity contribution in [2.45, 2.75) is 0 Å². The number of phenolic OH excluding ortho intramolecular Hbond substituents is 1. The third-order valence-corrected chi connectivity index (χ3v) is 1.50. The lowest BCUT2D eigenvalue weighted by Crippen LogP contribution is -1.86. The predicted octanol–water partition coefficient (Wildman–Crippen LogP) is 1.45. The Morgan fingerprint density at radius 3 is 2.83 bits per heavy atom. The molecule has 0 spiro atoms. The summed E-state index contributed by atoms with van der Waals surface area (Å²) in [7, 11) is 3.23. The molecule has 1 rings (SSSR count). The minimum absolute atomic E-state index is 0.210. The summed E-state index contributed by atoms with van der Waals surface area (Å²) in [5.41, 5.74) is 0.664.